The standard InChI is InChI=1S/C10H13BrN4/c1-10(2,13)6-15-9-7(4-12)3-8(11)5-14-9/h3,5H,6,13H2,1-2H3,(H,14,15). The van der Waals surface area contributed by atoms with E-state index < -0.39 is 0 Å². The van der Waals surface area contributed by atoms with Crippen LogP contribution >= 0.6 is 15.9 Å². The van der Waals surface area contributed by atoms with Crippen LogP contribution in [0.5, 0.6) is 0 Å². The van der Waals surface area contributed by atoms with Crippen molar-refractivity contribution in [1.29, 1.82) is 5.26 Å². The molecule has 1 heterocycles. The van der Waals surface area contributed by atoms with Crippen LogP contribution in [0.15, 0.2) is 16.7 Å². The summed E-state index contributed by atoms with van der Waals surface area (Å²) in [6, 6.07) is 3.80. The van der Waals surface area contributed by atoms with Gasteiger partial charge < -0.3 is 11.1 Å². The Balaban J connectivity index is 2.82. The lowest BCUT2D eigenvalue weighted by molar-refractivity contribution is 0.548. The maximum absolute atomic E-state index is 8.89. The number of nitrogens with two attached hydrogens (primary N) is 1. The number of nitrogens with zero attached hydrogens (tertiary/aromatic N) is 2. The Bertz CT molecular complexity index is 389. The molecule has 0 aliphatic heterocycles. The fourth-order valence-electron chi connectivity index (χ4n) is 0.977. The molecule has 0 bridgehead atoms. The maximum Gasteiger partial charge on any atom is 0.144 e. The highest BCUT2D eigenvalue weighted by atomic mass is 79.9. The van der Waals surface area contributed by atoms with Crippen molar-refractivity contribution < 1.29 is 0 Å². The Hall–Kier alpha value is -1.12. The molecule has 1 rings (SSSR count). The lowest BCUT2D eigenvalue weighted by atomic mass is 10.1. The predicted octanol–water partition coefficient (Wildman–Crippen LogP) is 1.86. The topological polar surface area (TPSA) is 74.7 Å². The molecule has 0 aliphatic carbocycles. The van der Waals surface area contributed by atoms with Crippen LogP contribution in [0.4, 0.5) is 5.82 Å². The van der Waals surface area contributed by atoms with E-state index in [9.17, 15) is 0 Å². The highest BCUT2D eigenvalue weighted by molar-refractivity contribution is 9.10. The third-order valence-corrected chi connectivity index (χ3v) is 2.12. The number of hydrogen-bond acceptors (Lipinski definition) is 4. The van der Waals surface area contributed by atoms with Gasteiger partial charge in [0.15, 0.2) is 0 Å². The molecule has 0 radical (unpaired) electrons. The van der Waals surface area contributed by atoms with Crippen LogP contribution in [0.25, 0.3) is 0 Å². The van der Waals surface area contributed by atoms with Crippen molar-refractivity contribution in [2.24, 2.45) is 5.73 Å². The summed E-state index contributed by atoms with van der Waals surface area (Å²) in [5.74, 6) is 0.569. The normalized spacial score (nSPS) is 10.9. The summed E-state index contributed by atoms with van der Waals surface area (Å²) in [7, 11) is 0. The summed E-state index contributed by atoms with van der Waals surface area (Å²) >= 11 is 3.26. The Morgan fingerprint density at radius 2 is 2.33 bits per heavy atom. The largest absolute Gasteiger partial charge is 0.367 e. The Morgan fingerprint density at radius 1 is 1.67 bits per heavy atom. The van der Waals surface area contributed by atoms with Crippen LogP contribution in [0.3, 0.4) is 0 Å². The maximum atomic E-state index is 8.89. The van der Waals surface area contributed by atoms with Crippen molar-refractivity contribution in [3.8, 4) is 6.07 Å². The average Bonchev–Trinajstić information content (AvgIpc) is 2.14. The van der Waals surface area contributed by atoms with Gasteiger partial charge >= 0.3 is 0 Å². The molecule has 5 heteroatoms. The Labute approximate surface area is 97.6 Å². The first-order valence-electron chi connectivity index (χ1n) is 4.51. The molecule has 0 spiro atoms. The first kappa shape index (κ1) is 12.0. The summed E-state index contributed by atoms with van der Waals surface area (Å²) in [4.78, 5) is 4.12. The third kappa shape index (κ3) is 3.86. The van der Waals surface area contributed by atoms with Gasteiger partial charge in [-0.3, -0.25) is 0 Å². The second kappa shape index (κ2) is 4.60. The van der Waals surface area contributed by atoms with Crippen LogP contribution in [-0.2, 0) is 0 Å². The van der Waals surface area contributed by atoms with E-state index in [-0.39, 0.29) is 5.54 Å². The fourth-order valence-corrected chi connectivity index (χ4v) is 1.31. The van der Waals surface area contributed by atoms with Gasteiger partial charge in [0, 0.05) is 22.8 Å². The van der Waals surface area contributed by atoms with Gasteiger partial charge in [-0.1, -0.05) is 0 Å². The van der Waals surface area contributed by atoms with E-state index in [0.29, 0.717) is 17.9 Å². The van der Waals surface area contributed by atoms with Gasteiger partial charge in [0.25, 0.3) is 0 Å². The monoisotopic (exact) mass is 268 g/mol. The molecule has 0 aliphatic rings. The molecule has 0 amide bonds. The van der Waals surface area contributed by atoms with E-state index in [4.69, 9.17) is 11.0 Å². The third-order valence-electron chi connectivity index (χ3n) is 1.69. The van der Waals surface area contributed by atoms with Crippen molar-refractivity contribution >= 4 is 21.7 Å². The molecule has 0 saturated carbocycles. The molecule has 15 heavy (non-hydrogen) atoms. The first-order chi connectivity index (χ1) is 6.92. The molecular formula is C10H13BrN4. The lowest BCUT2D eigenvalue weighted by Crippen LogP contribution is -2.39. The van der Waals surface area contributed by atoms with E-state index in [1.165, 1.54) is 0 Å². The van der Waals surface area contributed by atoms with Gasteiger partial charge in [-0.05, 0) is 35.8 Å². The smallest absolute Gasteiger partial charge is 0.144 e. The molecular weight excluding hydrogens is 256 g/mol. The number of nitriles is 1. The fraction of sp³-hybridized carbons (Fsp3) is 0.400. The summed E-state index contributed by atoms with van der Waals surface area (Å²) in [5.41, 5.74) is 6.00. The summed E-state index contributed by atoms with van der Waals surface area (Å²) in [5, 5.41) is 11.9. The van der Waals surface area contributed by atoms with Gasteiger partial charge in [0.2, 0.25) is 0 Å². The van der Waals surface area contributed by atoms with Crippen molar-refractivity contribution in [3.05, 3.63) is 22.3 Å². The number of hydrogen-bond donors (Lipinski definition) is 2. The number of aromatic nitrogens is 1. The number of halogens is 1. The first-order valence-corrected chi connectivity index (χ1v) is 5.30. The quantitative estimate of drug-likeness (QED) is 0.878. The van der Waals surface area contributed by atoms with Crippen LogP contribution < -0.4 is 11.1 Å². The second-order valence-corrected chi connectivity index (χ2v) is 4.92. The van der Waals surface area contributed by atoms with Crippen molar-refractivity contribution in [2.45, 2.75) is 19.4 Å². The highest BCUT2D eigenvalue weighted by Crippen LogP contribution is 2.17. The molecule has 3 N–H and O–H groups in total. The highest BCUT2D eigenvalue weighted by Gasteiger charge is 2.12. The van der Waals surface area contributed by atoms with Gasteiger partial charge in [-0.15, -0.1) is 0 Å². The van der Waals surface area contributed by atoms with Gasteiger partial charge in [0.05, 0.1) is 5.56 Å². The molecule has 0 aromatic carbocycles. The number of nitrogens with one attached hydrogen (secondary N) is 1. The summed E-state index contributed by atoms with van der Waals surface area (Å²) in [6.45, 7) is 4.38. The van der Waals surface area contributed by atoms with E-state index in [1.807, 2.05) is 13.8 Å². The Morgan fingerprint density at radius 3 is 2.87 bits per heavy atom. The van der Waals surface area contributed by atoms with Crippen molar-refractivity contribution in [1.82, 2.24) is 4.98 Å². The van der Waals surface area contributed by atoms with Gasteiger partial charge in [-0.2, -0.15) is 5.26 Å². The van der Waals surface area contributed by atoms with E-state index >= 15 is 0 Å². The molecule has 0 saturated heterocycles. The van der Waals surface area contributed by atoms with Gasteiger partial charge in [-0.25, -0.2) is 4.98 Å². The van der Waals surface area contributed by atoms with E-state index in [0.717, 1.165) is 4.47 Å². The minimum atomic E-state index is -0.332. The van der Waals surface area contributed by atoms with Gasteiger partial charge in [0.1, 0.15) is 11.9 Å². The van der Waals surface area contributed by atoms with E-state index in [1.54, 1.807) is 12.3 Å². The summed E-state index contributed by atoms with van der Waals surface area (Å²) in [6.07, 6.45) is 1.65. The number of pyridine rings is 1. The molecule has 1 aromatic heterocycles. The van der Waals surface area contributed by atoms with Crippen LogP contribution in [0.2, 0.25) is 0 Å². The number of anilines is 1. The average molecular weight is 269 g/mol. The molecule has 1 aromatic rings. The summed E-state index contributed by atoms with van der Waals surface area (Å²) < 4.78 is 0.789. The SMILES string of the molecule is CC(C)(N)CNc1ncc(Br)cc1C#N. The number of rotatable bonds is 3. The molecule has 80 valence electrons. The van der Waals surface area contributed by atoms with Crippen LogP contribution in [0.1, 0.15) is 19.4 Å². The predicted molar refractivity (Wildman–Crippen MR) is 63.4 cm³/mol. The molecule has 0 fully saturated rings. The van der Waals surface area contributed by atoms with Crippen molar-refractivity contribution in [3.63, 3.8) is 0 Å². The minimum Gasteiger partial charge on any atom is -0.367 e. The van der Waals surface area contributed by atoms with E-state index in [2.05, 4.69) is 32.3 Å². The minimum absolute atomic E-state index is 0.332. The molecule has 4 nitrogen and oxygen atoms in total. The second-order valence-electron chi connectivity index (χ2n) is 4.00. The molecule has 0 unspecified atom stereocenters. The Kier molecular flexibility index (Phi) is 3.66. The zero-order chi connectivity index (χ0) is 11.5. The van der Waals surface area contributed by atoms with Crippen LogP contribution in [-0.4, -0.2) is 17.1 Å². The zero-order valence-corrected chi connectivity index (χ0v) is 10.3. The van der Waals surface area contributed by atoms with Crippen molar-refractivity contribution in [2.75, 3.05) is 11.9 Å². The molecule has 0 atom stereocenters. The lowest BCUT2D eigenvalue weighted by Gasteiger charge is -2.19. The zero-order valence-electron chi connectivity index (χ0n) is 8.71. The van der Waals surface area contributed by atoms with Crippen LogP contribution in [0, 0.1) is 11.3 Å².